The minimum atomic E-state index is -0.0586. The van der Waals surface area contributed by atoms with Crippen molar-refractivity contribution in [2.75, 3.05) is 49.5 Å². The average molecular weight is 393 g/mol. The second-order valence-corrected chi connectivity index (χ2v) is 7.58. The van der Waals surface area contributed by atoms with Gasteiger partial charge in [-0.2, -0.15) is 0 Å². The van der Waals surface area contributed by atoms with E-state index in [1.54, 1.807) is 24.5 Å². The molecule has 1 N–H and O–H groups in total. The Labute approximate surface area is 171 Å². The second-order valence-electron chi connectivity index (χ2n) is 7.58. The highest BCUT2D eigenvalue weighted by atomic mass is 16.2. The van der Waals surface area contributed by atoms with Crippen molar-refractivity contribution in [1.29, 1.82) is 0 Å². The van der Waals surface area contributed by atoms with Gasteiger partial charge in [0, 0.05) is 56.5 Å². The summed E-state index contributed by atoms with van der Waals surface area (Å²) in [5.41, 5.74) is 1.74. The Morgan fingerprint density at radius 1 is 1.00 bits per heavy atom. The van der Waals surface area contributed by atoms with Gasteiger partial charge in [0.05, 0.1) is 12.6 Å². The third-order valence-corrected chi connectivity index (χ3v) is 5.66. The maximum Gasteiger partial charge on any atom is 0.244 e. The monoisotopic (exact) mass is 393 g/mol. The van der Waals surface area contributed by atoms with Crippen LogP contribution in [0.3, 0.4) is 0 Å². The fourth-order valence-corrected chi connectivity index (χ4v) is 4.13. The number of nitrogens with one attached hydrogen (secondary N) is 1. The first-order valence-electron chi connectivity index (χ1n) is 10.2. The van der Waals surface area contributed by atoms with Crippen molar-refractivity contribution in [2.45, 2.75) is 18.9 Å². The summed E-state index contributed by atoms with van der Waals surface area (Å²) >= 11 is 0. The average Bonchev–Trinajstić information content (AvgIpc) is 2.76. The fourth-order valence-electron chi connectivity index (χ4n) is 4.13. The van der Waals surface area contributed by atoms with Crippen molar-refractivity contribution < 1.29 is 9.59 Å². The quantitative estimate of drug-likeness (QED) is 0.840. The Kier molecular flexibility index (Phi) is 6.17. The summed E-state index contributed by atoms with van der Waals surface area (Å²) in [6, 6.07) is 13.4. The van der Waals surface area contributed by atoms with Gasteiger partial charge in [0.2, 0.25) is 11.8 Å². The smallest absolute Gasteiger partial charge is 0.244 e. The van der Waals surface area contributed by atoms with E-state index in [0.717, 1.165) is 56.9 Å². The minimum Gasteiger partial charge on any atom is -0.325 e. The summed E-state index contributed by atoms with van der Waals surface area (Å²) in [6.07, 6.45) is 5.24. The summed E-state index contributed by atoms with van der Waals surface area (Å²) in [5, 5.41) is 2.90. The number of pyridine rings is 1. The van der Waals surface area contributed by atoms with Gasteiger partial charge < -0.3 is 10.2 Å². The lowest BCUT2D eigenvalue weighted by atomic mass is 10.0. The van der Waals surface area contributed by atoms with Crippen LogP contribution in [0.2, 0.25) is 0 Å². The summed E-state index contributed by atoms with van der Waals surface area (Å²) < 4.78 is 0. The molecule has 2 aromatic rings. The Bertz CT molecular complexity index is 822. The van der Waals surface area contributed by atoms with Crippen LogP contribution in [-0.4, -0.2) is 71.9 Å². The van der Waals surface area contributed by atoms with Crippen LogP contribution in [0.25, 0.3) is 0 Å². The number of benzene rings is 1. The number of hydrogen-bond donors (Lipinski definition) is 1. The summed E-state index contributed by atoms with van der Waals surface area (Å²) in [6.45, 7) is 4.35. The van der Waals surface area contributed by atoms with Crippen molar-refractivity contribution in [3.8, 4) is 0 Å². The molecule has 0 aliphatic carbocycles. The first-order valence-corrected chi connectivity index (χ1v) is 10.2. The number of nitrogens with zero attached hydrogens (tertiary/aromatic N) is 4. The molecule has 1 aromatic heterocycles. The number of aromatic nitrogens is 1. The van der Waals surface area contributed by atoms with E-state index in [2.05, 4.69) is 20.1 Å². The number of carbonyl (C=O) groups is 2. The van der Waals surface area contributed by atoms with Crippen LogP contribution >= 0.6 is 0 Å². The molecule has 1 atom stereocenters. The molecule has 7 nitrogen and oxygen atoms in total. The van der Waals surface area contributed by atoms with Gasteiger partial charge >= 0.3 is 0 Å². The molecular weight excluding hydrogens is 366 g/mol. The molecule has 0 bridgehead atoms. The highest BCUT2D eigenvalue weighted by Crippen LogP contribution is 2.24. The number of para-hydroxylation sites is 1. The van der Waals surface area contributed by atoms with Crippen molar-refractivity contribution in [2.24, 2.45) is 0 Å². The van der Waals surface area contributed by atoms with E-state index < -0.39 is 0 Å². The predicted octanol–water partition coefficient (Wildman–Crippen LogP) is 1.83. The van der Waals surface area contributed by atoms with Gasteiger partial charge in [-0.3, -0.25) is 24.4 Å². The fraction of sp³-hybridized carbons (Fsp3) is 0.409. The highest BCUT2D eigenvalue weighted by Gasteiger charge is 2.35. The second kappa shape index (κ2) is 9.15. The molecule has 0 saturated carbocycles. The molecule has 0 radical (unpaired) electrons. The number of carbonyl (C=O) groups excluding carboxylic acids is 2. The van der Waals surface area contributed by atoms with Gasteiger partial charge in [0.25, 0.3) is 0 Å². The molecule has 1 aromatic carbocycles. The topological polar surface area (TPSA) is 68.8 Å². The Morgan fingerprint density at radius 3 is 2.45 bits per heavy atom. The number of amides is 2. The van der Waals surface area contributed by atoms with Gasteiger partial charge in [0.15, 0.2) is 0 Å². The molecular formula is C22H27N5O2. The number of anilines is 2. The largest absolute Gasteiger partial charge is 0.325 e. The molecule has 2 amide bonds. The van der Waals surface area contributed by atoms with Crippen LogP contribution in [0, 0.1) is 0 Å². The number of piperidine rings is 1. The molecule has 2 aliphatic heterocycles. The summed E-state index contributed by atoms with van der Waals surface area (Å²) in [7, 11) is 0. The molecule has 2 fully saturated rings. The van der Waals surface area contributed by atoms with Crippen LogP contribution in [-0.2, 0) is 9.59 Å². The van der Waals surface area contributed by atoms with Gasteiger partial charge in [-0.05, 0) is 37.1 Å². The zero-order valence-electron chi connectivity index (χ0n) is 16.5. The third-order valence-electron chi connectivity index (χ3n) is 5.66. The van der Waals surface area contributed by atoms with E-state index in [4.69, 9.17) is 0 Å². The zero-order valence-corrected chi connectivity index (χ0v) is 16.5. The maximum atomic E-state index is 13.1. The predicted molar refractivity (Wildman–Crippen MR) is 113 cm³/mol. The van der Waals surface area contributed by atoms with Crippen LogP contribution in [0.15, 0.2) is 54.9 Å². The Morgan fingerprint density at radius 2 is 1.72 bits per heavy atom. The molecule has 3 heterocycles. The highest BCUT2D eigenvalue weighted by molar-refractivity contribution is 5.98. The van der Waals surface area contributed by atoms with Crippen molar-refractivity contribution in [1.82, 2.24) is 14.8 Å². The van der Waals surface area contributed by atoms with E-state index in [0.29, 0.717) is 6.54 Å². The maximum absolute atomic E-state index is 13.1. The molecule has 152 valence electrons. The number of rotatable bonds is 5. The molecule has 0 spiro atoms. The lowest BCUT2D eigenvalue weighted by Crippen LogP contribution is -2.58. The molecule has 4 rings (SSSR count). The molecule has 2 saturated heterocycles. The number of hydrogen-bond acceptors (Lipinski definition) is 5. The van der Waals surface area contributed by atoms with E-state index in [1.165, 1.54) is 0 Å². The van der Waals surface area contributed by atoms with E-state index in [-0.39, 0.29) is 17.9 Å². The lowest BCUT2D eigenvalue weighted by Gasteiger charge is -2.42. The zero-order chi connectivity index (χ0) is 20.1. The molecule has 29 heavy (non-hydrogen) atoms. The van der Waals surface area contributed by atoms with Crippen molar-refractivity contribution in [3.63, 3.8) is 0 Å². The van der Waals surface area contributed by atoms with Crippen molar-refractivity contribution in [3.05, 3.63) is 54.9 Å². The summed E-state index contributed by atoms with van der Waals surface area (Å²) in [4.78, 5) is 35.7. The Hall–Kier alpha value is -2.77. The van der Waals surface area contributed by atoms with Crippen molar-refractivity contribution >= 4 is 23.2 Å². The Balaban J connectivity index is 1.29. The van der Waals surface area contributed by atoms with Gasteiger partial charge in [-0.25, -0.2) is 0 Å². The molecule has 2 aliphatic rings. The van der Waals surface area contributed by atoms with Gasteiger partial charge in [-0.15, -0.1) is 0 Å². The van der Waals surface area contributed by atoms with E-state index >= 15 is 0 Å². The first kappa shape index (κ1) is 19.5. The molecule has 0 unspecified atom stereocenters. The van der Waals surface area contributed by atoms with E-state index in [1.807, 2.05) is 35.2 Å². The standard InChI is InChI=1S/C22H27N5O2/c28-21(24-18-8-10-23-11-9-18)17-25-13-15-26(16-14-25)20-7-4-12-27(22(20)29)19-5-2-1-3-6-19/h1-3,5-6,8-11,20H,4,7,12-17H2,(H,23,24,28)/t20-/m0/s1. The minimum absolute atomic E-state index is 0.0198. The first-order chi connectivity index (χ1) is 14.2. The van der Waals surface area contributed by atoms with Crippen LogP contribution in [0.4, 0.5) is 11.4 Å². The van der Waals surface area contributed by atoms with Crippen LogP contribution in [0.5, 0.6) is 0 Å². The molecule has 7 heteroatoms. The SMILES string of the molecule is O=C(CN1CCN([C@H]2CCCN(c3ccccc3)C2=O)CC1)Nc1ccncc1. The van der Waals surface area contributed by atoms with E-state index in [9.17, 15) is 9.59 Å². The van der Waals surface area contributed by atoms with Crippen LogP contribution in [0.1, 0.15) is 12.8 Å². The third kappa shape index (κ3) is 4.81. The normalized spacial score (nSPS) is 21.2. The van der Waals surface area contributed by atoms with Crippen LogP contribution < -0.4 is 10.2 Å². The van der Waals surface area contributed by atoms with Gasteiger partial charge in [0.1, 0.15) is 0 Å². The number of piperazine rings is 1. The lowest BCUT2D eigenvalue weighted by molar-refractivity contribution is -0.127. The summed E-state index contributed by atoms with van der Waals surface area (Å²) in [5.74, 6) is 0.181. The van der Waals surface area contributed by atoms with Gasteiger partial charge in [-0.1, -0.05) is 18.2 Å².